The molecule has 0 N–H and O–H groups in total. The van der Waals surface area contributed by atoms with Crippen molar-refractivity contribution in [1.82, 2.24) is 5.06 Å². The van der Waals surface area contributed by atoms with E-state index >= 15 is 0 Å². The Morgan fingerprint density at radius 1 is 1.10 bits per heavy atom. The van der Waals surface area contributed by atoms with Gasteiger partial charge in [0.15, 0.2) is 0 Å². The summed E-state index contributed by atoms with van der Waals surface area (Å²) < 4.78 is 6.13. The average molecular weight is 432 g/mol. The topological polar surface area (TPSA) is 38.8 Å². The summed E-state index contributed by atoms with van der Waals surface area (Å²) in [7, 11) is 0. The maximum absolute atomic E-state index is 12.6. The van der Waals surface area contributed by atoms with Gasteiger partial charge in [0.25, 0.3) is 0 Å². The summed E-state index contributed by atoms with van der Waals surface area (Å²) in [5.74, 6) is -0.0468. The van der Waals surface area contributed by atoms with Gasteiger partial charge in [-0.15, -0.1) is 0 Å². The average Bonchev–Trinajstić information content (AvgIpc) is 2.77. The van der Waals surface area contributed by atoms with E-state index in [0.29, 0.717) is 6.42 Å². The van der Waals surface area contributed by atoms with Crippen LogP contribution >= 0.6 is 0 Å². The fraction of sp³-hybridized carbons (Fsp3) is 0.741. The van der Waals surface area contributed by atoms with Crippen molar-refractivity contribution >= 4 is 5.97 Å². The number of carbonyl (C=O) groups excluding carboxylic acids is 1. The molecule has 1 aliphatic rings. The third-order valence-electron chi connectivity index (χ3n) is 7.71. The number of benzene rings is 1. The van der Waals surface area contributed by atoms with Crippen LogP contribution in [0.2, 0.25) is 0 Å². The van der Waals surface area contributed by atoms with E-state index in [4.69, 9.17) is 9.57 Å². The predicted octanol–water partition coefficient (Wildman–Crippen LogP) is 7.24. The Morgan fingerprint density at radius 3 is 2.35 bits per heavy atom. The lowest BCUT2D eigenvalue weighted by Gasteiger charge is -2.60. The molecule has 0 aromatic heterocycles. The Balaban J connectivity index is 2.18. The van der Waals surface area contributed by atoms with Crippen LogP contribution < -0.4 is 0 Å². The van der Waals surface area contributed by atoms with Crippen LogP contribution in [-0.4, -0.2) is 28.7 Å². The second-order valence-electron chi connectivity index (χ2n) is 9.92. The SMILES string of the molecule is CCCCCCC(=O)OC1CC(CC)N(OC(C)c2ccccc2)C(C)(CC)C1(C)C. The Morgan fingerprint density at radius 2 is 1.77 bits per heavy atom. The first-order valence-electron chi connectivity index (χ1n) is 12.4. The summed E-state index contributed by atoms with van der Waals surface area (Å²) >= 11 is 0. The molecule has 0 saturated carbocycles. The van der Waals surface area contributed by atoms with Crippen LogP contribution in [0, 0.1) is 5.41 Å². The monoisotopic (exact) mass is 431 g/mol. The van der Waals surface area contributed by atoms with Crippen LogP contribution in [0.4, 0.5) is 0 Å². The van der Waals surface area contributed by atoms with E-state index in [1.807, 2.05) is 6.07 Å². The molecule has 1 aromatic carbocycles. The van der Waals surface area contributed by atoms with Gasteiger partial charge in [-0.25, -0.2) is 0 Å². The largest absolute Gasteiger partial charge is 0.462 e. The molecule has 0 radical (unpaired) electrons. The summed E-state index contributed by atoms with van der Waals surface area (Å²) in [6.07, 6.45) is 7.45. The zero-order valence-electron chi connectivity index (χ0n) is 20.9. The predicted molar refractivity (Wildman–Crippen MR) is 128 cm³/mol. The van der Waals surface area contributed by atoms with Gasteiger partial charge in [0.2, 0.25) is 0 Å². The second kappa shape index (κ2) is 11.5. The second-order valence-corrected chi connectivity index (χ2v) is 9.92. The van der Waals surface area contributed by atoms with Crippen LogP contribution in [0.3, 0.4) is 0 Å². The van der Waals surface area contributed by atoms with Crippen molar-refractivity contribution in [2.24, 2.45) is 5.41 Å². The molecule has 1 heterocycles. The fourth-order valence-corrected chi connectivity index (χ4v) is 4.88. The smallest absolute Gasteiger partial charge is 0.306 e. The zero-order valence-corrected chi connectivity index (χ0v) is 20.9. The highest BCUT2D eigenvalue weighted by Crippen LogP contribution is 2.50. The molecule has 4 atom stereocenters. The van der Waals surface area contributed by atoms with Gasteiger partial charge < -0.3 is 4.74 Å². The Hall–Kier alpha value is -1.39. The molecule has 0 aliphatic carbocycles. The molecule has 0 bridgehead atoms. The lowest BCUT2D eigenvalue weighted by atomic mass is 9.63. The number of esters is 1. The fourth-order valence-electron chi connectivity index (χ4n) is 4.88. The van der Waals surface area contributed by atoms with Crippen LogP contribution in [0.1, 0.15) is 112 Å². The molecule has 0 amide bonds. The first-order valence-corrected chi connectivity index (χ1v) is 12.4. The summed E-state index contributed by atoms with van der Waals surface area (Å²) in [5, 5.41) is 2.25. The van der Waals surface area contributed by atoms with E-state index in [1.54, 1.807) is 0 Å². The summed E-state index contributed by atoms with van der Waals surface area (Å²) in [4.78, 5) is 19.3. The number of unbranched alkanes of at least 4 members (excludes halogenated alkanes) is 3. The maximum atomic E-state index is 12.6. The van der Waals surface area contributed by atoms with Crippen molar-refractivity contribution in [3.8, 4) is 0 Å². The van der Waals surface area contributed by atoms with Crippen LogP contribution in [0.25, 0.3) is 0 Å². The van der Waals surface area contributed by atoms with Gasteiger partial charge in [-0.05, 0) is 38.7 Å². The van der Waals surface area contributed by atoms with Gasteiger partial charge in [-0.3, -0.25) is 9.63 Å². The third-order valence-corrected chi connectivity index (χ3v) is 7.71. The maximum Gasteiger partial charge on any atom is 0.306 e. The highest BCUT2D eigenvalue weighted by atomic mass is 16.7. The first-order chi connectivity index (χ1) is 14.7. The lowest BCUT2D eigenvalue weighted by Crippen LogP contribution is -2.68. The van der Waals surface area contributed by atoms with Gasteiger partial charge in [-0.1, -0.05) is 84.2 Å². The Labute approximate surface area is 190 Å². The van der Waals surface area contributed by atoms with Crippen LogP contribution in [-0.2, 0) is 14.4 Å². The highest BCUT2D eigenvalue weighted by molar-refractivity contribution is 5.69. The minimum atomic E-state index is -0.248. The molecule has 1 aromatic rings. The minimum Gasteiger partial charge on any atom is -0.462 e. The number of ether oxygens (including phenoxy) is 1. The quantitative estimate of drug-likeness (QED) is 0.273. The van der Waals surface area contributed by atoms with E-state index in [0.717, 1.165) is 32.1 Å². The molecule has 1 aliphatic heterocycles. The van der Waals surface area contributed by atoms with E-state index in [2.05, 4.69) is 77.8 Å². The van der Waals surface area contributed by atoms with Gasteiger partial charge >= 0.3 is 5.97 Å². The Bertz CT molecular complexity index is 674. The molecule has 4 nitrogen and oxygen atoms in total. The molecule has 0 spiro atoms. The van der Waals surface area contributed by atoms with Gasteiger partial charge in [-0.2, -0.15) is 5.06 Å². The number of hydrogen-bond acceptors (Lipinski definition) is 4. The standard InChI is InChI=1S/C27H45NO3/c1-8-11-12-16-19-25(29)30-24-20-23(9-2)28(27(7,10-3)26(24,5)6)31-21(4)22-17-14-13-15-18-22/h13-15,17-18,21,23-24H,8-12,16,19-20H2,1-7H3. The van der Waals surface area contributed by atoms with E-state index in [1.165, 1.54) is 18.4 Å². The van der Waals surface area contributed by atoms with Crippen molar-refractivity contribution < 1.29 is 14.4 Å². The number of rotatable bonds is 11. The number of piperidine rings is 1. The molecule has 4 unspecified atom stereocenters. The minimum absolute atomic E-state index is 0.0328. The molecule has 1 fully saturated rings. The van der Waals surface area contributed by atoms with Crippen molar-refractivity contribution in [1.29, 1.82) is 0 Å². The van der Waals surface area contributed by atoms with Crippen LogP contribution in [0.15, 0.2) is 30.3 Å². The van der Waals surface area contributed by atoms with Gasteiger partial charge in [0.1, 0.15) is 12.2 Å². The normalized spacial score (nSPS) is 27.1. The van der Waals surface area contributed by atoms with Crippen molar-refractivity contribution in [3.05, 3.63) is 35.9 Å². The number of nitrogens with zero attached hydrogens (tertiary/aromatic N) is 1. The zero-order chi connectivity index (χ0) is 23.1. The van der Waals surface area contributed by atoms with Crippen molar-refractivity contribution in [2.75, 3.05) is 0 Å². The summed E-state index contributed by atoms with van der Waals surface area (Å²) in [6, 6.07) is 10.6. The molecule has 2 rings (SSSR count). The van der Waals surface area contributed by atoms with Gasteiger partial charge in [0.05, 0.1) is 5.54 Å². The third kappa shape index (κ3) is 5.90. The molecule has 176 valence electrons. The van der Waals surface area contributed by atoms with E-state index in [9.17, 15) is 4.79 Å². The number of carbonyl (C=O) groups is 1. The molecular weight excluding hydrogens is 386 g/mol. The van der Waals surface area contributed by atoms with Crippen LogP contribution in [0.5, 0.6) is 0 Å². The summed E-state index contributed by atoms with van der Waals surface area (Å²) in [5.41, 5.74) is 0.694. The first kappa shape index (κ1) is 25.9. The molecular formula is C27H45NO3. The van der Waals surface area contributed by atoms with Crippen molar-refractivity contribution in [3.63, 3.8) is 0 Å². The number of hydrogen-bond donors (Lipinski definition) is 0. The van der Waals surface area contributed by atoms with E-state index < -0.39 is 0 Å². The Kier molecular flexibility index (Phi) is 9.57. The highest BCUT2D eigenvalue weighted by Gasteiger charge is 2.57. The van der Waals surface area contributed by atoms with Gasteiger partial charge in [0, 0.05) is 24.3 Å². The molecule has 31 heavy (non-hydrogen) atoms. The van der Waals surface area contributed by atoms with Crippen molar-refractivity contribution in [2.45, 2.75) is 124 Å². The molecule has 1 saturated heterocycles. The van der Waals surface area contributed by atoms with E-state index in [-0.39, 0.29) is 35.2 Å². The molecule has 4 heteroatoms. The lowest BCUT2D eigenvalue weighted by molar-refractivity contribution is -0.327. The number of hydroxylamine groups is 2. The summed E-state index contributed by atoms with van der Waals surface area (Å²) in [6.45, 7) is 15.5.